The smallest absolute Gasteiger partial charge is 0.374 e. The Balaban J connectivity index is 2.41. The highest BCUT2D eigenvalue weighted by atomic mass is 16.4. The van der Waals surface area contributed by atoms with Crippen molar-refractivity contribution in [2.45, 2.75) is 6.42 Å². The average molecular weight is 208 g/mol. The van der Waals surface area contributed by atoms with Crippen LogP contribution >= 0.6 is 0 Å². The minimum Gasteiger partial charge on any atom is -0.568 e. The first-order valence-electron chi connectivity index (χ1n) is 4.82. The van der Waals surface area contributed by atoms with Crippen LogP contribution in [0.25, 0.3) is 11.3 Å². The van der Waals surface area contributed by atoms with Gasteiger partial charge in [-0.3, -0.25) is 0 Å². The highest BCUT2D eigenvalue weighted by Crippen LogP contribution is 2.21. The molecule has 0 fully saturated rings. The molecule has 0 bridgehead atoms. The van der Waals surface area contributed by atoms with Crippen LogP contribution in [0.1, 0.15) is 5.82 Å². The van der Waals surface area contributed by atoms with Gasteiger partial charge in [-0.2, -0.15) is 0 Å². The van der Waals surface area contributed by atoms with Crippen molar-refractivity contribution in [2.24, 2.45) is 0 Å². The van der Waals surface area contributed by atoms with E-state index in [9.17, 15) is 0 Å². The largest absolute Gasteiger partial charge is 0.568 e. The van der Waals surface area contributed by atoms with Gasteiger partial charge in [0.05, 0.1) is 11.4 Å². The number of rotatable bonds is 3. The summed E-state index contributed by atoms with van der Waals surface area (Å²) in [6.07, 6.45) is 2.00. The second kappa shape index (κ2) is 4.79. The number of hydrogen-bond donors (Lipinski definition) is 0. The van der Waals surface area contributed by atoms with Crippen molar-refractivity contribution in [3.8, 4) is 17.0 Å². The summed E-state index contributed by atoms with van der Waals surface area (Å²) < 4.78 is 4.66. The van der Waals surface area contributed by atoms with Crippen LogP contribution in [0.3, 0.4) is 0 Å². The molecule has 76 valence electrons. The minimum absolute atomic E-state index is 0.320. The highest BCUT2D eigenvalue weighted by molar-refractivity contribution is 6.00. The Morgan fingerprint density at radius 1 is 1.31 bits per heavy atom. The monoisotopic (exact) mass is 208 g/mol. The maximum atomic E-state index is 5.48. The molecule has 0 amide bonds. The molecular weight excluding hydrogens is 199 g/mol. The average Bonchev–Trinajstić information content (AvgIpc) is 2.39. The summed E-state index contributed by atoms with van der Waals surface area (Å²) in [5.41, 5.74) is 1.72. The van der Waals surface area contributed by atoms with Gasteiger partial charge in [-0.1, -0.05) is 12.1 Å². The van der Waals surface area contributed by atoms with Crippen molar-refractivity contribution >= 4 is 8.05 Å². The summed E-state index contributed by atoms with van der Waals surface area (Å²) in [5, 5.41) is 0. The molecule has 0 spiro atoms. The SMILES string of the molecule is [B]Oc1cccc(-c2ccnc(C[CH])n2)c1. The fourth-order valence-corrected chi connectivity index (χ4v) is 1.39. The van der Waals surface area contributed by atoms with Crippen molar-refractivity contribution in [1.82, 2.24) is 9.97 Å². The van der Waals surface area contributed by atoms with Gasteiger partial charge < -0.3 is 4.65 Å². The van der Waals surface area contributed by atoms with Gasteiger partial charge >= 0.3 is 8.05 Å². The standard InChI is InChI=1S/C12H9BN2O/c1-2-12-14-7-6-11(15-12)9-4-3-5-10(8-9)16-13/h1,3-8H,2H2. The van der Waals surface area contributed by atoms with E-state index < -0.39 is 0 Å². The number of aromatic nitrogens is 2. The van der Waals surface area contributed by atoms with Crippen LogP contribution in [0.4, 0.5) is 0 Å². The Labute approximate surface area is 96.0 Å². The van der Waals surface area contributed by atoms with Crippen LogP contribution in [0.15, 0.2) is 36.5 Å². The lowest BCUT2D eigenvalue weighted by molar-refractivity contribution is 0.616. The van der Waals surface area contributed by atoms with E-state index >= 15 is 0 Å². The Morgan fingerprint density at radius 3 is 2.94 bits per heavy atom. The first-order valence-corrected chi connectivity index (χ1v) is 4.82. The molecule has 4 heteroatoms. The van der Waals surface area contributed by atoms with Crippen LogP contribution in [-0.4, -0.2) is 18.0 Å². The quantitative estimate of drug-likeness (QED) is 0.722. The first-order chi connectivity index (χ1) is 7.83. The number of benzene rings is 1. The van der Waals surface area contributed by atoms with Crippen LogP contribution in [0.5, 0.6) is 5.75 Å². The number of hydrogen-bond acceptors (Lipinski definition) is 3. The van der Waals surface area contributed by atoms with Crippen LogP contribution < -0.4 is 4.65 Å². The van der Waals surface area contributed by atoms with Crippen LogP contribution in [0.2, 0.25) is 0 Å². The van der Waals surface area contributed by atoms with Crippen LogP contribution in [-0.2, 0) is 6.42 Å². The molecule has 0 saturated carbocycles. The molecule has 0 N–H and O–H groups in total. The van der Waals surface area contributed by atoms with Crippen molar-refractivity contribution in [2.75, 3.05) is 0 Å². The summed E-state index contributed by atoms with van der Waals surface area (Å²) in [7, 11) is 5.10. The van der Waals surface area contributed by atoms with Gasteiger partial charge in [0, 0.05) is 18.2 Å². The van der Waals surface area contributed by atoms with Gasteiger partial charge in [0.25, 0.3) is 0 Å². The van der Waals surface area contributed by atoms with E-state index in [2.05, 4.69) is 14.6 Å². The fourth-order valence-electron chi connectivity index (χ4n) is 1.39. The summed E-state index contributed by atoms with van der Waals surface area (Å²) in [4.78, 5) is 8.34. The Kier molecular flexibility index (Phi) is 3.20. The van der Waals surface area contributed by atoms with Gasteiger partial charge in [0.2, 0.25) is 0 Å². The molecular formula is C12H9BN2O. The Hall–Kier alpha value is -1.84. The van der Waals surface area contributed by atoms with Crippen molar-refractivity contribution in [3.63, 3.8) is 0 Å². The molecule has 0 unspecified atom stereocenters. The van der Waals surface area contributed by atoms with E-state index in [1.807, 2.05) is 24.3 Å². The first kappa shape index (κ1) is 10.7. The molecule has 0 aliphatic heterocycles. The maximum Gasteiger partial charge on any atom is 0.374 e. The van der Waals surface area contributed by atoms with E-state index in [0.717, 1.165) is 11.3 Å². The molecule has 2 aromatic rings. The van der Waals surface area contributed by atoms with Gasteiger partial charge in [-0.15, -0.1) is 0 Å². The minimum atomic E-state index is 0.320. The third kappa shape index (κ3) is 2.22. The maximum absolute atomic E-state index is 5.48. The van der Waals surface area contributed by atoms with Crippen molar-refractivity contribution < 1.29 is 4.65 Å². The summed E-state index contributed by atoms with van der Waals surface area (Å²) >= 11 is 0. The predicted molar refractivity (Wildman–Crippen MR) is 61.9 cm³/mol. The summed E-state index contributed by atoms with van der Waals surface area (Å²) in [6, 6.07) is 9.17. The summed E-state index contributed by atoms with van der Waals surface area (Å²) in [5.74, 6) is 1.20. The van der Waals surface area contributed by atoms with E-state index in [1.54, 1.807) is 12.3 Å². The molecule has 1 heterocycles. The van der Waals surface area contributed by atoms with Crippen molar-refractivity contribution in [3.05, 3.63) is 49.3 Å². The third-order valence-electron chi connectivity index (χ3n) is 2.15. The van der Waals surface area contributed by atoms with E-state index in [-0.39, 0.29) is 0 Å². The third-order valence-corrected chi connectivity index (χ3v) is 2.15. The molecule has 0 saturated heterocycles. The zero-order valence-corrected chi connectivity index (χ0v) is 8.63. The lowest BCUT2D eigenvalue weighted by Crippen LogP contribution is -1.94. The van der Waals surface area contributed by atoms with Gasteiger partial charge in [-0.25, -0.2) is 9.97 Å². The zero-order chi connectivity index (χ0) is 11.4. The molecule has 0 aliphatic carbocycles. The normalized spacial score (nSPS) is 10.1. The number of nitrogens with zero attached hydrogens (tertiary/aromatic N) is 2. The van der Waals surface area contributed by atoms with Crippen LogP contribution in [0, 0.1) is 6.92 Å². The van der Waals surface area contributed by atoms with Gasteiger partial charge in [-0.05, 0) is 25.1 Å². The molecule has 1 aromatic heterocycles. The molecule has 0 aliphatic rings. The van der Waals surface area contributed by atoms with Crippen molar-refractivity contribution in [1.29, 1.82) is 0 Å². The molecule has 3 nitrogen and oxygen atoms in total. The Morgan fingerprint density at radius 2 is 2.19 bits per heavy atom. The summed E-state index contributed by atoms with van der Waals surface area (Å²) in [6.45, 7) is 5.48. The molecule has 0 atom stereocenters. The predicted octanol–water partition coefficient (Wildman–Crippen LogP) is 1.86. The van der Waals surface area contributed by atoms with Gasteiger partial charge in [0.15, 0.2) is 0 Å². The second-order valence-electron chi connectivity index (χ2n) is 3.21. The van der Waals surface area contributed by atoms with E-state index in [0.29, 0.717) is 18.0 Å². The molecule has 1 aromatic carbocycles. The lowest BCUT2D eigenvalue weighted by atomic mass is 10.1. The highest BCUT2D eigenvalue weighted by Gasteiger charge is 2.02. The fraction of sp³-hybridized carbons (Fsp3) is 0.0833. The molecule has 4 radical (unpaired) electrons. The van der Waals surface area contributed by atoms with Gasteiger partial charge in [0.1, 0.15) is 5.82 Å². The topological polar surface area (TPSA) is 35.0 Å². The van der Waals surface area contributed by atoms with E-state index in [1.165, 1.54) is 0 Å². The molecule has 16 heavy (non-hydrogen) atoms. The lowest BCUT2D eigenvalue weighted by Gasteiger charge is -2.05. The second-order valence-corrected chi connectivity index (χ2v) is 3.21. The van der Waals surface area contributed by atoms with E-state index in [4.69, 9.17) is 15.0 Å². The zero-order valence-electron chi connectivity index (χ0n) is 8.63. The molecule has 2 rings (SSSR count). The Bertz CT molecular complexity index is 442.